The molecule has 0 atom stereocenters. The van der Waals surface area contributed by atoms with Crippen LogP contribution >= 0.6 is 0 Å². The lowest BCUT2D eigenvalue weighted by molar-refractivity contribution is -0.120. The molecule has 2 aromatic rings. The molecule has 1 saturated carbocycles. The van der Waals surface area contributed by atoms with Crippen molar-refractivity contribution in [3.8, 4) is 16.9 Å². The minimum Gasteiger partial charge on any atom is -0.496 e. The summed E-state index contributed by atoms with van der Waals surface area (Å²) in [4.78, 5) is 12.3. The number of hydrogen-bond acceptors (Lipinski definition) is 2. The van der Waals surface area contributed by atoms with Crippen LogP contribution in [0.2, 0.25) is 0 Å². The number of methoxy groups -OCH3 is 1. The standard InChI is InChI=1S/C20H23NO2/c1-13-5-8-18(23-4)17(11-13)16-12-15(7-6-14(16)2)21-19(22)20(3)9-10-20/h5-8,11-12H,9-10H2,1-4H3,(H,21,22). The summed E-state index contributed by atoms with van der Waals surface area (Å²) in [5.41, 5.74) is 5.14. The third-order valence-corrected chi connectivity index (χ3v) is 4.69. The molecule has 0 aliphatic heterocycles. The number of aryl methyl sites for hydroxylation is 2. The molecule has 2 aromatic carbocycles. The molecule has 0 aromatic heterocycles. The Balaban J connectivity index is 1.98. The van der Waals surface area contributed by atoms with Crippen LogP contribution in [0.3, 0.4) is 0 Å². The van der Waals surface area contributed by atoms with Crippen molar-refractivity contribution >= 4 is 11.6 Å². The van der Waals surface area contributed by atoms with Crippen LogP contribution in [-0.2, 0) is 4.79 Å². The molecule has 3 rings (SSSR count). The molecular formula is C20H23NO2. The molecule has 0 saturated heterocycles. The first-order chi connectivity index (χ1) is 10.9. The van der Waals surface area contributed by atoms with Crippen molar-refractivity contribution in [3.05, 3.63) is 47.5 Å². The van der Waals surface area contributed by atoms with E-state index in [1.54, 1.807) is 7.11 Å². The highest BCUT2D eigenvalue weighted by Crippen LogP contribution is 2.46. The van der Waals surface area contributed by atoms with E-state index in [0.29, 0.717) is 0 Å². The highest BCUT2D eigenvalue weighted by Gasteiger charge is 2.44. The van der Waals surface area contributed by atoms with E-state index in [1.807, 2.05) is 37.3 Å². The Morgan fingerprint density at radius 3 is 2.48 bits per heavy atom. The Bertz CT molecular complexity index is 760. The smallest absolute Gasteiger partial charge is 0.230 e. The van der Waals surface area contributed by atoms with E-state index in [2.05, 4.69) is 25.2 Å². The lowest BCUT2D eigenvalue weighted by atomic mass is 9.97. The molecule has 0 heterocycles. The van der Waals surface area contributed by atoms with Gasteiger partial charge >= 0.3 is 0 Å². The van der Waals surface area contributed by atoms with Crippen LogP contribution in [0.25, 0.3) is 11.1 Å². The first kappa shape index (κ1) is 15.6. The fraction of sp³-hybridized carbons (Fsp3) is 0.350. The second-order valence-corrected chi connectivity index (χ2v) is 6.75. The van der Waals surface area contributed by atoms with Crippen LogP contribution in [0.1, 0.15) is 30.9 Å². The van der Waals surface area contributed by atoms with Gasteiger partial charge in [-0.25, -0.2) is 0 Å². The third-order valence-electron chi connectivity index (χ3n) is 4.69. The van der Waals surface area contributed by atoms with Crippen molar-refractivity contribution in [1.82, 2.24) is 0 Å². The molecule has 3 nitrogen and oxygen atoms in total. The minimum absolute atomic E-state index is 0.114. The zero-order chi connectivity index (χ0) is 16.6. The number of anilines is 1. The summed E-state index contributed by atoms with van der Waals surface area (Å²) in [6.45, 7) is 6.16. The Morgan fingerprint density at radius 1 is 1.09 bits per heavy atom. The second kappa shape index (κ2) is 5.73. The van der Waals surface area contributed by atoms with Crippen LogP contribution in [0.15, 0.2) is 36.4 Å². The van der Waals surface area contributed by atoms with Crippen LogP contribution < -0.4 is 10.1 Å². The molecule has 120 valence electrons. The second-order valence-electron chi connectivity index (χ2n) is 6.75. The first-order valence-electron chi connectivity index (χ1n) is 8.00. The number of benzene rings is 2. The summed E-state index contributed by atoms with van der Waals surface area (Å²) in [7, 11) is 1.68. The quantitative estimate of drug-likeness (QED) is 0.887. The summed E-state index contributed by atoms with van der Waals surface area (Å²) in [5.74, 6) is 0.958. The fourth-order valence-electron chi connectivity index (χ4n) is 2.72. The van der Waals surface area contributed by atoms with Crippen molar-refractivity contribution in [2.45, 2.75) is 33.6 Å². The normalized spacial score (nSPS) is 15.1. The van der Waals surface area contributed by atoms with Gasteiger partial charge in [0, 0.05) is 16.7 Å². The number of amides is 1. The summed E-state index contributed by atoms with van der Waals surface area (Å²) >= 11 is 0. The van der Waals surface area contributed by atoms with Crippen LogP contribution in [0.4, 0.5) is 5.69 Å². The maximum atomic E-state index is 12.3. The number of carbonyl (C=O) groups excluding carboxylic acids is 1. The van der Waals surface area contributed by atoms with Gasteiger partial charge in [0.15, 0.2) is 0 Å². The minimum atomic E-state index is -0.175. The number of nitrogens with one attached hydrogen (secondary N) is 1. The number of hydrogen-bond donors (Lipinski definition) is 1. The Labute approximate surface area is 137 Å². The molecule has 0 spiro atoms. The van der Waals surface area contributed by atoms with Crippen LogP contribution in [0.5, 0.6) is 5.75 Å². The van der Waals surface area contributed by atoms with Crippen molar-refractivity contribution in [1.29, 1.82) is 0 Å². The van der Waals surface area contributed by atoms with E-state index in [9.17, 15) is 4.79 Å². The summed E-state index contributed by atoms with van der Waals surface area (Å²) in [6.07, 6.45) is 1.95. The van der Waals surface area contributed by atoms with Gasteiger partial charge in [-0.05, 0) is 62.1 Å². The zero-order valence-corrected chi connectivity index (χ0v) is 14.2. The van der Waals surface area contributed by atoms with E-state index >= 15 is 0 Å². The largest absolute Gasteiger partial charge is 0.496 e. The molecule has 1 amide bonds. The van der Waals surface area contributed by atoms with Crippen molar-refractivity contribution in [3.63, 3.8) is 0 Å². The van der Waals surface area contributed by atoms with E-state index < -0.39 is 0 Å². The average Bonchev–Trinajstić information content (AvgIpc) is 3.28. The number of ether oxygens (including phenoxy) is 1. The molecule has 3 heteroatoms. The molecule has 0 radical (unpaired) electrons. The average molecular weight is 309 g/mol. The van der Waals surface area contributed by atoms with Gasteiger partial charge < -0.3 is 10.1 Å². The fourth-order valence-corrected chi connectivity index (χ4v) is 2.72. The van der Waals surface area contributed by atoms with Crippen LogP contribution in [0, 0.1) is 19.3 Å². The van der Waals surface area contributed by atoms with E-state index in [4.69, 9.17) is 4.74 Å². The summed E-state index contributed by atoms with van der Waals surface area (Å²) in [5, 5.41) is 3.05. The Hall–Kier alpha value is -2.29. The Kier molecular flexibility index (Phi) is 3.88. The lowest BCUT2D eigenvalue weighted by Crippen LogP contribution is -2.21. The monoisotopic (exact) mass is 309 g/mol. The zero-order valence-electron chi connectivity index (χ0n) is 14.2. The molecule has 1 aliphatic carbocycles. The van der Waals surface area contributed by atoms with Gasteiger partial charge in [0.2, 0.25) is 5.91 Å². The molecule has 0 bridgehead atoms. The highest BCUT2D eigenvalue weighted by atomic mass is 16.5. The molecular weight excluding hydrogens is 286 g/mol. The van der Waals surface area contributed by atoms with Gasteiger partial charge in [-0.15, -0.1) is 0 Å². The van der Waals surface area contributed by atoms with Crippen molar-refractivity contribution < 1.29 is 9.53 Å². The third kappa shape index (κ3) is 3.09. The van der Waals surface area contributed by atoms with Crippen LogP contribution in [-0.4, -0.2) is 13.0 Å². The van der Waals surface area contributed by atoms with Gasteiger partial charge in [-0.3, -0.25) is 4.79 Å². The SMILES string of the molecule is COc1ccc(C)cc1-c1cc(NC(=O)C2(C)CC2)ccc1C. The number of carbonyl (C=O) groups is 1. The van der Waals surface area contributed by atoms with Gasteiger partial charge in [0.1, 0.15) is 5.75 Å². The molecule has 0 unspecified atom stereocenters. The van der Waals surface area contributed by atoms with Crippen molar-refractivity contribution in [2.75, 3.05) is 12.4 Å². The van der Waals surface area contributed by atoms with E-state index in [0.717, 1.165) is 41.0 Å². The maximum Gasteiger partial charge on any atom is 0.230 e. The topological polar surface area (TPSA) is 38.3 Å². The summed E-state index contributed by atoms with van der Waals surface area (Å²) in [6, 6.07) is 12.2. The molecule has 1 N–H and O–H groups in total. The first-order valence-corrected chi connectivity index (χ1v) is 8.00. The van der Waals surface area contributed by atoms with Gasteiger partial charge in [0.25, 0.3) is 0 Å². The summed E-state index contributed by atoms with van der Waals surface area (Å²) < 4.78 is 5.51. The van der Waals surface area contributed by atoms with E-state index in [-0.39, 0.29) is 11.3 Å². The van der Waals surface area contributed by atoms with Gasteiger partial charge in [0.05, 0.1) is 7.11 Å². The molecule has 23 heavy (non-hydrogen) atoms. The lowest BCUT2D eigenvalue weighted by Gasteiger charge is -2.15. The van der Waals surface area contributed by atoms with Gasteiger partial charge in [-0.2, -0.15) is 0 Å². The van der Waals surface area contributed by atoms with E-state index in [1.165, 1.54) is 5.56 Å². The predicted molar refractivity (Wildman–Crippen MR) is 93.9 cm³/mol. The van der Waals surface area contributed by atoms with Gasteiger partial charge in [-0.1, -0.05) is 24.6 Å². The Morgan fingerprint density at radius 2 is 1.83 bits per heavy atom. The predicted octanol–water partition coefficient (Wildman–Crippen LogP) is 4.72. The molecule has 1 fully saturated rings. The highest BCUT2D eigenvalue weighted by molar-refractivity contribution is 5.97. The van der Waals surface area contributed by atoms with Crippen molar-refractivity contribution in [2.24, 2.45) is 5.41 Å². The molecule has 1 aliphatic rings. The number of rotatable bonds is 4. The maximum absolute atomic E-state index is 12.3.